The highest BCUT2D eigenvalue weighted by Gasteiger charge is 2.09. The topological polar surface area (TPSA) is 93.7 Å². The van der Waals surface area contributed by atoms with Crippen molar-refractivity contribution in [3.8, 4) is 0 Å². The molecule has 0 aromatic carbocycles. The molecule has 4 N–H and O–H groups in total. The van der Waals surface area contributed by atoms with Crippen LogP contribution >= 0.6 is 0 Å². The zero-order chi connectivity index (χ0) is 14.7. The molecule has 0 atom stereocenters. The van der Waals surface area contributed by atoms with Crippen molar-refractivity contribution < 1.29 is 0 Å². The van der Waals surface area contributed by atoms with Crippen molar-refractivity contribution >= 4 is 17.6 Å². The first-order valence-electron chi connectivity index (χ1n) is 6.62. The Balaban J connectivity index is 2.14. The number of hydrogen-bond donors (Lipinski definition) is 3. The van der Waals surface area contributed by atoms with Gasteiger partial charge >= 0.3 is 0 Å². The van der Waals surface area contributed by atoms with Crippen LogP contribution in [0.15, 0.2) is 6.07 Å². The minimum Gasteiger partial charge on any atom is -0.370 e. The number of nitrogens with two attached hydrogens (primary N) is 1. The number of anilines is 3. The van der Waals surface area contributed by atoms with E-state index in [-0.39, 0.29) is 5.95 Å². The molecular formula is C13H21N7. The van der Waals surface area contributed by atoms with E-state index in [9.17, 15) is 0 Å². The van der Waals surface area contributed by atoms with Gasteiger partial charge in [0.25, 0.3) is 0 Å². The molecule has 0 spiro atoms. The van der Waals surface area contributed by atoms with Gasteiger partial charge in [-0.3, -0.25) is 4.68 Å². The lowest BCUT2D eigenvalue weighted by atomic mass is 10.2. The van der Waals surface area contributed by atoms with Crippen LogP contribution in [0.5, 0.6) is 0 Å². The maximum Gasteiger partial charge on any atom is 0.223 e. The monoisotopic (exact) mass is 275 g/mol. The number of hydrogen-bond acceptors (Lipinski definition) is 6. The molecule has 0 amide bonds. The molecule has 20 heavy (non-hydrogen) atoms. The van der Waals surface area contributed by atoms with Crippen LogP contribution in [0.1, 0.15) is 23.9 Å². The Bertz CT molecular complexity index is 603. The van der Waals surface area contributed by atoms with Crippen LogP contribution in [0.25, 0.3) is 0 Å². The summed E-state index contributed by atoms with van der Waals surface area (Å²) in [5, 5.41) is 10.8. The van der Waals surface area contributed by atoms with Gasteiger partial charge in [0.15, 0.2) is 0 Å². The molecule has 2 rings (SSSR count). The Labute approximate surface area is 118 Å². The van der Waals surface area contributed by atoms with Crippen LogP contribution in [0.4, 0.5) is 17.6 Å². The van der Waals surface area contributed by atoms with Gasteiger partial charge in [-0.1, -0.05) is 0 Å². The Hall–Kier alpha value is -2.31. The van der Waals surface area contributed by atoms with E-state index in [0.29, 0.717) is 12.4 Å². The lowest BCUT2D eigenvalue weighted by Crippen LogP contribution is -2.08. The van der Waals surface area contributed by atoms with Crippen molar-refractivity contribution in [2.45, 2.75) is 27.3 Å². The second-order valence-corrected chi connectivity index (χ2v) is 4.65. The average molecular weight is 275 g/mol. The SMILES string of the molecule is CCNc1cc(NCc2c(C)nn(C)c2C)nc(N)n1. The van der Waals surface area contributed by atoms with Gasteiger partial charge in [0, 0.05) is 37.5 Å². The van der Waals surface area contributed by atoms with Crippen molar-refractivity contribution in [1.29, 1.82) is 0 Å². The lowest BCUT2D eigenvalue weighted by Gasteiger charge is -2.09. The molecule has 0 fully saturated rings. The average Bonchev–Trinajstić information content (AvgIpc) is 2.61. The fourth-order valence-corrected chi connectivity index (χ4v) is 2.08. The highest BCUT2D eigenvalue weighted by molar-refractivity contribution is 5.51. The highest BCUT2D eigenvalue weighted by Crippen LogP contribution is 2.16. The molecule has 0 bridgehead atoms. The summed E-state index contributed by atoms with van der Waals surface area (Å²) in [4.78, 5) is 8.30. The molecule has 0 aliphatic carbocycles. The number of aromatic nitrogens is 4. The standard InChI is InChI=1S/C13H21N7/c1-5-15-11-6-12(18-13(14)17-11)16-7-10-8(2)19-20(4)9(10)3/h6H,5,7H2,1-4H3,(H4,14,15,16,17,18). The molecule has 7 heteroatoms. The fraction of sp³-hybridized carbons (Fsp3) is 0.462. The molecule has 7 nitrogen and oxygen atoms in total. The van der Waals surface area contributed by atoms with Gasteiger partial charge in [0.05, 0.1) is 5.69 Å². The predicted octanol–water partition coefficient (Wildman–Crippen LogP) is 1.45. The van der Waals surface area contributed by atoms with Gasteiger partial charge in [0.1, 0.15) is 11.6 Å². The molecule has 0 aliphatic rings. The molecule has 2 heterocycles. The van der Waals surface area contributed by atoms with E-state index in [4.69, 9.17) is 5.73 Å². The second kappa shape index (κ2) is 5.77. The Morgan fingerprint density at radius 3 is 2.40 bits per heavy atom. The molecule has 2 aromatic rings. The summed E-state index contributed by atoms with van der Waals surface area (Å²) in [5.74, 6) is 1.68. The zero-order valence-electron chi connectivity index (χ0n) is 12.4. The van der Waals surface area contributed by atoms with Crippen LogP contribution in [0.3, 0.4) is 0 Å². The molecule has 0 saturated carbocycles. The summed E-state index contributed by atoms with van der Waals surface area (Å²) in [7, 11) is 1.94. The molecular weight excluding hydrogens is 254 g/mol. The normalized spacial score (nSPS) is 10.6. The van der Waals surface area contributed by atoms with Crippen LogP contribution in [-0.4, -0.2) is 26.3 Å². The van der Waals surface area contributed by atoms with E-state index in [0.717, 1.165) is 23.8 Å². The smallest absolute Gasteiger partial charge is 0.223 e. The number of nitrogens with zero attached hydrogens (tertiary/aromatic N) is 4. The Morgan fingerprint density at radius 1 is 1.20 bits per heavy atom. The van der Waals surface area contributed by atoms with Crippen molar-refractivity contribution in [2.75, 3.05) is 22.9 Å². The van der Waals surface area contributed by atoms with Gasteiger partial charge in [-0.15, -0.1) is 0 Å². The minimum atomic E-state index is 0.255. The molecule has 0 radical (unpaired) electrons. The first-order chi connectivity index (χ1) is 9.51. The maximum absolute atomic E-state index is 5.70. The van der Waals surface area contributed by atoms with Crippen molar-refractivity contribution in [3.63, 3.8) is 0 Å². The van der Waals surface area contributed by atoms with E-state index in [2.05, 4.69) is 32.6 Å². The summed E-state index contributed by atoms with van der Waals surface area (Å²) < 4.78 is 1.88. The van der Waals surface area contributed by atoms with Crippen LogP contribution in [0, 0.1) is 13.8 Å². The third kappa shape index (κ3) is 2.98. The van der Waals surface area contributed by atoms with E-state index >= 15 is 0 Å². The fourth-order valence-electron chi connectivity index (χ4n) is 2.08. The van der Waals surface area contributed by atoms with Gasteiger partial charge in [0.2, 0.25) is 5.95 Å². The summed E-state index contributed by atoms with van der Waals surface area (Å²) in [6.45, 7) is 7.51. The number of aryl methyl sites for hydroxylation is 2. The third-order valence-corrected chi connectivity index (χ3v) is 3.21. The van der Waals surface area contributed by atoms with Crippen molar-refractivity contribution in [1.82, 2.24) is 19.7 Å². The van der Waals surface area contributed by atoms with E-state index in [1.165, 1.54) is 5.56 Å². The Kier molecular flexibility index (Phi) is 4.07. The quantitative estimate of drug-likeness (QED) is 0.764. The van der Waals surface area contributed by atoms with Gasteiger partial charge in [-0.25, -0.2) is 0 Å². The lowest BCUT2D eigenvalue weighted by molar-refractivity contribution is 0.730. The van der Waals surface area contributed by atoms with Crippen LogP contribution < -0.4 is 16.4 Å². The summed E-state index contributed by atoms with van der Waals surface area (Å²) in [6.07, 6.45) is 0. The van der Waals surface area contributed by atoms with Crippen LogP contribution in [-0.2, 0) is 13.6 Å². The summed E-state index contributed by atoms with van der Waals surface area (Å²) >= 11 is 0. The molecule has 108 valence electrons. The first kappa shape index (κ1) is 14.1. The van der Waals surface area contributed by atoms with E-state index in [1.807, 2.05) is 31.6 Å². The number of nitrogens with one attached hydrogen (secondary N) is 2. The van der Waals surface area contributed by atoms with Crippen molar-refractivity contribution in [2.24, 2.45) is 7.05 Å². The van der Waals surface area contributed by atoms with Gasteiger partial charge in [-0.05, 0) is 20.8 Å². The summed E-state index contributed by atoms with van der Waals surface area (Å²) in [5.41, 5.74) is 9.04. The zero-order valence-corrected chi connectivity index (χ0v) is 12.4. The highest BCUT2D eigenvalue weighted by atomic mass is 15.3. The summed E-state index contributed by atoms with van der Waals surface area (Å²) in [6, 6.07) is 1.85. The Morgan fingerprint density at radius 2 is 1.85 bits per heavy atom. The number of nitrogen functional groups attached to an aromatic ring is 1. The van der Waals surface area contributed by atoms with Gasteiger partial charge in [-0.2, -0.15) is 15.1 Å². The number of rotatable bonds is 5. The molecule has 0 unspecified atom stereocenters. The largest absolute Gasteiger partial charge is 0.370 e. The molecule has 2 aromatic heterocycles. The van der Waals surface area contributed by atoms with Gasteiger partial charge < -0.3 is 16.4 Å². The predicted molar refractivity (Wildman–Crippen MR) is 80.6 cm³/mol. The van der Waals surface area contributed by atoms with E-state index < -0.39 is 0 Å². The third-order valence-electron chi connectivity index (χ3n) is 3.21. The molecule has 0 aliphatic heterocycles. The van der Waals surface area contributed by atoms with Crippen LogP contribution in [0.2, 0.25) is 0 Å². The maximum atomic E-state index is 5.70. The second-order valence-electron chi connectivity index (χ2n) is 4.65. The molecule has 0 saturated heterocycles. The minimum absolute atomic E-state index is 0.255. The van der Waals surface area contributed by atoms with Crippen molar-refractivity contribution in [3.05, 3.63) is 23.0 Å². The van der Waals surface area contributed by atoms with E-state index in [1.54, 1.807) is 0 Å². The first-order valence-corrected chi connectivity index (χ1v) is 6.62.